The highest BCUT2D eigenvalue weighted by molar-refractivity contribution is 6.05. The quantitative estimate of drug-likeness (QED) is 0.456. The average Bonchev–Trinajstić information content (AvgIpc) is 2.69. The lowest BCUT2D eigenvalue weighted by Crippen LogP contribution is -2.13. The van der Waals surface area contributed by atoms with Crippen molar-refractivity contribution in [3.05, 3.63) is 18.1 Å². The number of allylic oxidation sites excluding steroid dienone is 2. The van der Waals surface area contributed by atoms with Gasteiger partial charge in [-0.1, -0.05) is 13.0 Å². The van der Waals surface area contributed by atoms with Gasteiger partial charge in [-0.3, -0.25) is 10.3 Å². The summed E-state index contributed by atoms with van der Waals surface area (Å²) in [6.45, 7) is 5.84. The topological polar surface area (TPSA) is 24.4 Å². The molecule has 2 heteroatoms. The number of rotatable bonds is 4. The fourth-order valence-corrected chi connectivity index (χ4v) is 0.660. The molecule has 0 aromatic heterocycles. The summed E-state index contributed by atoms with van der Waals surface area (Å²) in [5, 5.41) is 3.13. The smallest absolute Gasteiger partial charge is 0.0887 e. The molecule has 0 heterocycles. The lowest BCUT2D eigenvalue weighted by atomic mass is 10.3. The largest absolute Gasteiger partial charge is 0.299 e. The predicted molar refractivity (Wildman–Crippen MR) is 44.0 cm³/mol. The summed E-state index contributed by atoms with van der Waals surface area (Å²) >= 11 is 0. The second-order valence-electron chi connectivity index (χ2n) is 2.29. The van der Waals surface area contributed by atoms with Gasteiger partial charge in [0.25, 0.3) is 0 Å². The minimum atomic E-state index is 0.744. The summed E-state index contributed by atoms with van der Waals surface area (Å²) in [6.07, 6.45) is 4.15. The van der Waals surface area contributed by atoms with E-state index in [4.69, 9.17) is 0 Å². The average molecular weight is 137 g/mol. The molecule has 0 aromatic rings. The maximum atomic E-state index is 4.28. The molecule has 1 rings (SSSR count). The van der Waals surface area contributed by atoms with Crippen molar-refractivity contribution in [3.63, 3.8) is 0 Å². The Hall–Kier alpha value is -0.630. The molecule has 55 valence electrons. The predicted octanol–water partition coefficient (Wildman–Crippen LogP) is 1.16. The van der Waals surface area contributed by atoms with Crippen LogP contribution in [0.1, 0.15) is 13.8 Å². The van der Waals surface area contributed by atoms with Crippen LogP contribution in [-0.2, 0) is 0 Å². The van der Waals surface area contributed by atoms with Crippen LogP contribution in [0.2, 0.25) is 0 Å². The Morgan fingerprint density at radius 1 is 1.70 bits per heavy atom. The number of hydrogen-bond donors (Lipinski definition) is 1. The summed E-state index contributed by atoms with van der Waals surface area (Å²) in [7, 11) is 0. The zero-order valence-electron chi connectivity index (χ0n) is 6.52. The lowest BCUT2D eigenvalue weighted by Gasteiger charge is -1.95. The zero-order valence-corrected chi connectivity index (χ0v) is 6.52. The van der Waals surface area contributed by atoms with Gasteiger partial charge in [-0.25, -0.2) is 0 Å². The number of hydrogen-bond acceptors (Lipinski definition) is 2. The first kappa shape index (κ1) is 7.48. The molecule has 1 aliphatic carbocycles. The molecule has 0 saturated carbocycles. The van der Waals surface area contributed by atoms with E-state index in [1.807, 2.05) is 6.92 Å². The minimum Gasteiger partial charge on any atom is -0.299 e. The van der Waals surface area contributed by atoms with E-state index in [1.165, 1.54) is 5.57 Å². The van der Waals surface area contributed by atoms with E-state index in [0.717, 1.165) is 18.9 Å². The standard InChI is InChI=1S/C8H13N2/c1-3-9-6-10-7(2)8-4-5-8/h4-5,9H,3,6H2,1-2H3/b10-7+. The maximum Gasteiger partial charge on any atom is 0.0887 e. The van der Waals surface area contributed by atoms with Crippen LogP contribution in [0.4, 0.5) is 0 Å². The fraction of sp³-hybridized carbons (Fsp3) is 0.500. The highest BCUT2D eigenvalue weighted by Crippen LogP contribution is 2.17. The van der Waals surface area contributed by atoms with Gasteiger partial charge in [-0.2, -0.15) is 0 Å². The van der Waals surface area contributed by atoms with Gasteiger partial charge >= 0.3 is 0 Å². The molecule has 1 N–H and O–H groups in total. The van der Waals surface area contributed by atoms with Crippen molar-refractivity contribution >= 4 is 5.71 Å². The van der Waals surface area contributed by atoms with Crippen molar-refractivity contribution < 1.29 is 0 Å². The van der Waals surface area contributed by atoms with Gasteiger partial charge in [-0.15, -0.1) is 0 Å². The van der Waals surface area contributed by atoms with Crippen LogP contribution in [0, 0.1) is 6.42 Å². The van der Waals surface area contributed by atoms with Gasteiger partial charge in [0.2, 0.25) is 0 Å². The van der Waals surface area contributed by atoms with E-state index in [9.17, 15) is 0 Å². The highest BCUT2D eigenvalue weighted by Gasteiger charge is 2.09. The first-order valence-electron chi connectivity index (χ1n) is 3.61. The summed E-state index contributed by atoms with van der Waals surface area (Å²) in [4.78, 5) is 4.28. The second-order valence-corrected chi connectivity index (χ2v) is 2.29. The molecular weight excluding hydrogens is 124 g/mol. The maximum absolute atomic E-state index is 4.28. The van der Waals surface area contributed by atoms with Crippen molar-refractivity contribution in [2.45, 2.75) is 13.8 Å². The van der Waals surface area contributed by atoms with Crippen molar-refractivity contribution in [1.82, 2.24) is 5.32 Å². The molecule has 1 radical (unpaired) electrons. The monoisotopic (exact) mass is 137 g/mol. The van der Waals surface area contributed by atoms with Crippen molar-refractivity contribution in [2.75, 3.05) is 13.2 Å². The van der Waals surface area contributed by atoms with Crippen molar-refractivity contribution in [2.24, 2.45) is 4.99 Å². The fourth-order valence-electron chi connectivity index (χ4n) is 0.660. The SMILES string of the molecule is CCNC/N=C(\C)C1=C[CH]1. The summed E-state index contributed by atoms with van der Waals surface area (Å²) in [5.41, 5.74) is 2.43. The normalized spacial score (nSPS) is 17.0. The number of nitrogens with one attached hydrogen (secondary N) is 1. The molecule has 2 nitrogen and oxygen atoms in total. The molecular formula is C8H13N2. The van der Waals surface area contributed by atoms with Gasteiger partial charge in [-0.05, 0) is 19.0 Å². The Bertz CT molecular complexity index is 168. The van der Waals surface area contributed by atoms with Crippen LogP contribution in [0.25, 0.3) is 0 Å². The lowest BCUT2D eigenvalue weighted by molar-refractivity contribution is 0.744. The highest BCUT2D eigenvalue weighted by atomic mass is 15.0. The van der Waals surface area contributed by atoms with Crippen LogP contribution in [0.15, 0.2) is 16.6 Å². The summed E-state index contributed by atoms with van der Waals surface area (Å²) < 4.78 is 0. The first-order chi connectivity index (χ1) is 4.84. The van der Waals surface area contributed by atoms with E-state index >= 15 is 0 Å². The van der Waals surface area contributed by atoms with E-state index in [-0.39, 0.29) is 0 Å². The zero-order chi connectivity index (χ0) is 7.40. The molecule has 0 saturated heterocycles. The van der Waals surface area contributed by atoms with Gasteiger partial charge in [0.05, 0.1) is 6.67 Å². The van der Waals surface area contributed by atoms with Crippen LogP contribution >= 0.6 is 0 Å². The van der Waals surface area contributed by atoms with Crippen LogP contribution in [-0.4, -0.2) is 18.9 Å². The summed E-state index contributed by atoms with van der Waals surface area (Å²) in [6, 6.07) is 0. The minimum absolute atomic E-state index is 0.744. The molecule has 0 aromatic carbocycles. The molecule has 10 heavy (non-hydrogen) atoms. The Balaban J connectivity index is 2.18. The molecule has 0 amide bonds. The van der Waals surface area contributed by atoms with Gasteiger partial charge in [0.15, 0.2) is 0 Å². The van der Waals surface area contributed by atoms with Crippen molar-refractivity contribution in [1.29, 1.82) is 0 Å². The number of nitrogens with zero attached hydrogens (tertiary/aromatic N) is 1. The van der Waals surface area contributed by atoms with Gasteiger partial charge < -0.3 is 0 Å². The molecule has 0 spiro atoms. The second kappa shape index (κ2) is 3.52. The van der Waals surface area contributed by atoms with Gasteiger partial charge in [0.1, 0.15) is 0 Å². The van der Waals surface area contributed by atoms with Crippen molar-refractivity contribution in [3.8, 4) is 0 Å². The number of aliphatic imine (C=N–C) groups is 1. The Morgan fingerprint density at radius 2 is 2.40 bits per heavy atom. The van der Waals surface area contributed by atoms with Crippen LogP contribution < -0.4 is 5.32 Å². The summed E-state index contributed by atoms with van der Waals surface area (Å²) in [5.74, 6) is 0. The molecule has 0 atom stereocenters. The third-order valence-corrected chi connectivity index (χ3v) is 1.43. The molecule has 0 bridgehead atoms. The molecule has 0 fully saturated rings. The van der Waals surface area contributed by atoms with Gasteiger partial charge in [0, 0.05) is 12.1 Å². The molecule has 0 unspecified atom stereocenters. The van der Waals surface area contributed by atoms with E-state index in [0.29, 0.717) is 0 Å². The van der Waals surface area contributed by atoms with E-state index in [1.54, 1.807) is 0 Å². The Kier molecular flexibility index (Phi) is 2.63. The molecule has 1 aliphatic rings. The Morgan fingerprint density at radius 3 is 2.90 bits per heavy atom. The van der Waals surface area contributed by atoms with E-state index in [2.05, 4.69) is 29.7 Å². The van der Waals surface area contributed by atoms with E-state index < -0.39 is 0 Å². The van der Waals surface area contributed by atoms with Crippen LogP contribution in [0.5, 0.6) is 0 Å². The third kappa shape index (κ3) is 2.31. The molecule has 0 aliphatic heterocycles. The third-order valence-electron chi connectivity index (χ3n) is 1.43. The Labute approximate surface area is 62.0 Å². The van der Waals surface area contributed by atoms with Crippen LogP contribution in [0.3, 0.4) is 0 Å². The first-order valence-corrected chi connectivity index (χ1v) is 3.61.